The van der Waals surface area contributed by atoms with Crippen molar-refractivity contribution in [3.05, 3.63) is 71.3 Å². The smallest absolute Gasteiger partial charge is 0.0174 e. The molecule has 148 valence electrons. The van der Waals surface area contributed by atoms with Gasteiger partial charge in [0.2, 0.25) is 0 Å². The number of hydrogen-bond acceptors (Lipinski definition) is 2. The summed E-state index contributed by atoms with van der Waals surface area (Å²) in [6.07, 6.45) is 9.31. The maximum Gasteiger partial charge on any atom is 0.0174 e. The van der Waals surface area contributed by atoms with Crippen molar-refractivity contribution in [1.29, 1.82) is 0 Å². The van der Waals surface area contributed by atoms with E-state index in [2.05, 4.69) is 64.8 Å². The van der Waals surface area contributed by atoms with E-state index >= 15 is 0 Å². The summed E-state index contributed by atoms with van der Waals surface area (Å²) in [7, 11) is 0. The van der Waals surface area contributed by atoms with E-state index in [4.69, 9.17) is 0 Å². The van der Waals surface area contributed by atoms with Crippen molar-refractivity contribution in [2.75, 3.05) is 26.2 Å². The van der Waals surface area contributed by atoms with Crippen molar-refractivity contribution in [2.24, 2.45) is 5.92 Å². The van der Waals surface area contributed by atoms with Crippen LogP contribution in [0.25, 0.3) is 0 Å². The summed E-state index contributed by atoms with van der Waals surface area (Å²) in [6, 6.07) is 20.9. The number of likely N-dealkylation sites (tertiary alicyclic amines) is 1. The molecular formula is C26H34N2. The van der Waals surface area contributed by atoms with Crippen molar-refractivity contribution in [3.63, 3.8) is 0 Å². The molecule has 1 N–H and O–H groups in total. The molecule has 0 bridgehead atoms. The minimum atomic E-state index is 0.477. The van der Waals surface area contributed by atoms with E-state index < -0.39 is 0 Å². The molecule has 1 aliphatic heterocycles. The Labute approximate surface area is 170 Å². The standard InChI is InChI=1S/C26H34N2/c1-2-7-21(8-3-1)12-16-28-17-13-22(14-18-28)20-27-25-19-26(25)15-6-10-23-9-4-5-11-24(23)26/h1-5,7-9,11,22,25,27H,6,10,12-20H2/t25-,26+/m1/s1. The van der Waals surface area contributed by atoms with Gasteiger partial charge in [0.05, 0.1) is 0 Å². The van der Waals surface area contributed by atoms with Crippen molar-refractivity contribution in [3.8, 4) is 0 Å². The molecular weight excluding hydrogens is 340 g/mol. The van der Waals surface area contributed by atoms with Gasteiger partial charge in [-0.2, -0.15) is 0 Å². The predicted octanol–water partition coefficient (Wildman–Crippen LogP) is 4.58. The zero-order valence-corrected chi connectivity index (χ0v) is 17.1. The van der Waals surface area contributed by atoms with Crippen LogP contribution in [0.2, 0.25) is 0 Å². The minimum Gasteiger partial charge on any atom is -0.313 e. The quantitative estimate of drug-likeness (QED) is 0.796. The van der Waals surface area contributed by atoms with Crippen LogP contribution >= 0.6 is 0 Å². The third-order valence-corrected chi connectivity index (χ3v) is 7.62. The highest BCUT2D eigenvalue weighted by atomic mass is 15.1. The number of nitrogens with zero attached hydrogens (tertiary/aromatic N) is 1. The summed E-state index contributed by atoms with van der Waals surface area (Å²) < 4.78 is 0. The van der Waals surface area contributed by atoms with Gasteiger partial charge in [-0.05, 0) is 87.2 Å². The number of benzene rings is 2. The van der Waals surface area contributed by atoms with Crippen LogP contribution in [0.5, 0.6) is 0 Å². The molecule has 0 aromatic heterocycles. The van der Waals surface area contributed by atoms with Crippen LogP contribution in [-0.2, 0) is 18.3 Å². The van der Waals surface area contributed by atoms with Crippen LogP contribution in [-0.4, -0.2) is 37.1 Å². The van der Waals surface area contributed by atoms with E-state index in [1.54, 1.807) is 11.1 Å². The molecule has 0 amide bonds. The molecule has 1 heterocycles. The van der Waals surface area contributed by atoms with E-state index in [0.717, 1.165) is 12.0 Å². The topological polar surface area (TPSA) is 15.3 Å². The average molecular weight is 375 g/mol. The van der Waals surface area contributed by atoms with Crippen LogP contribution in [0.15, 0.2) is 54.6 Å². The first-order valence-corrected chi connectivity index (χ1v) is 11.4. The number of nitrogens with one attached hydrogen (secondary N) is 1. The molecule has 0 unspecified atom stereocenters. The summed E-state index contributed by atoms with van der Waals surface area (Å²) in [5, 5.41) is 3.98. The Kier molecular flexibility index (Phi) is 5.26. The number of aryl methyl sites for hydroxylation is 1. The van der Waals surface area contributed by atoms with E-state index in [0.29, 0.717) is 5.41 Å². The average Bonchev–Trinajstić information content (AvgIpc) is 3.45. The maximum atomic E-state index is 3.98. The highest BCUT2D eigenvalue weighted by Gasteiger charge is 2.56. The summed E-state index contributed by atoms with van der Waals surface area (Å²) in [5.41, 5.74) is 5.22. The lowest BCUT2D eigenvalue weighted by molar-refractivity contribution is 0.183. The molecule has 2 nitrogen and oxygen atoms in total. The number of piperidine rings is 1. The molecule has 5 rings (SSSR count). The van der Waals surface area contributed by atoms with Crippen molar-refractivity contribution in [2.45, 2.75) is 56.4 Å². The van der Waals surface area contributed by atoms with Crippen LogP contribution < -0.4 is 5.32 Å². The lowest BCUT2D eigenvalue weighted by atomic mass is 9.79. The molecule has 2 atom stereocenters. The van der Waals surface area contributed by atoms with E-state index in [1.165, 1.54) is 76.7 Å². The van der Waals surface area contributed by atoms with E-state index in [-0.39, 0.29) is 0 Å². The first-order valence-electron chi connectivity index (χ1n) is 11.4. The fraction of sp³-hybridized carbons (Fsp3) is 0.538. The van der Waals surface area contributed by atoms with E-state index in [9.17, 15) is 0 Å². The van der Waals surface area contributed by atoms with E-state index in [1.807, 2.05) is 0 Å². The number of fused-ring (bicyclic) bond motifs is 2. The lowest BCUT2D eigenvalue weighted by Gasteiger charge is -2.32. The van der Waals surface area contributed by atoms with Gasteiger partial charge in [-0.1, -0.05) is 54.6 Å². The highest BCUT2D eigenvalue weighted by Crippen LogP contribution is 2.55. The molecule has 1 spiro atoms. The zero-order chi connectivity index (χ0) is 18.8. The molecule has 2 heteroatoms. The fourth-order valence-corrected chi connectivity index (χ4v) is 5.75. The lowest BCUT2D eigenvalue weighted by Crippen LogP contribution is -2.39. The molecule has 1 saturated carbocycles. The van der Waals surface area contributed by atoms with Gasteiger partial charge in [0.15, 0.2) is 0 Å². The Hall–Kier alpha value is -1.64. The van der Waals surface area contributed by atoms with Gasteiger partial charge in [0.1, 0.15) is 0 Å². The Morgan fingerprint density at radius 2 is 1.75 bits per heavy atom. The summed E-state index contributed by atoms with van der Waals surface area (Å²) in [6.45, 7) is 4.99. The first kappa shape index (κ1) is 18.4. The molecule has 0 radical (unpaired) electrons. The van der Waals surface area contributed by atoms with Crippen molar-refractivity contribution >= 4 is 0 Å². The fourth-order valence-electron chi connectivity index (χ4n) is 5.75. The van der Waals surface area contributed by atoms with Crippen LogP contribution in [0.4, 0.5) is 0 Å². The Morgan fingerprint density at radius 3 is 2.61 bits per heavy atom. The normalized spacial score (nSPS) is 27.6. The third kappa shape index (κ3) is 3.77. The molecule has 28 heavy (non-hydrogen) atoms. The van der Waals surface area contributed by atoms with Gasteiger partial charge in [-0.25, -0.2) is 0 Å². The van der Waals surface area contributed by atoms with Crippen LogP contribution in [0.1, 0.15) is 48.8 Å². The highest BCUT2D eigenvalue weighted by molar-refractivity contribution is 5.44. The third-order valence-electron chi connectivity index (χ3n) is 7.62. The summed E-state index contributed by atoms with van der Waals surface area (Å²) in [4.78, 5) is 2.67. The van der Waals surface area contributed by atoms with Crippen molar-refractivity contribution < 1.29 is 0 Å². The van der Waals surface area contributed by atoms with Gasteiger partial charge in [0.25, 0.3) is 0 Å². The van der Waals surface area contributed by atoms with Gasteiger partial charge in [-0.3, -0.25) is 0 Å². The second-order valence-corrected chi connectivity index (χ2v) is 9.35. The van der Waals surface area contributed by atoms with Gasteiger partial charge < -0.3 is 10.2 Å². The molecule has 2 aliphatic carbocycles. The predicted molar refractivity (Wildman–Crippen MR) is 117 cm³/mol. The second kappa shape index (κ2) is 8.00. The molecule has 1 saturated heterocycles. The Balaban J connectivity index is 1.07. The van der Waals surface area contributed by atoms with Crippen LogP contribution in [0, 0.1) is 5.92 Å². The number of rotatable bonds is 6. The monoisotopic (exact) mass is 374 g/mol. The van der Waals surface area contributed by atoms with Crippen molar-refractivity contribution in [1.82, 2.24) is 10.2 Å². The molecule has 2 fully saturated rings. The largest absolute Gasteiger partial charge is 0.313 e. The molecule has 2 aromatic carbocycles. The SMILES string of the molecule is c1ccc(CCN2CCC(CN[C@@H]3C[C@]34CCCc3ccccc34)CC2)cc1. The summed E-state index contributed by atoms with van der Waals surface area (Å²) in [5.74, 6) is 0.865. The van der Waals surface area contributed by atoms with Gasteiger partial charge >= 0.3 is 0 Å². The Bertz CT molecular complexity index is 778. The molecule has 2 aromatic rings. The Morgan fingerprint density at radius 1 is 0.964 bits per heavy atom. The van der Waals surface area contributed by atoms with Gasteiger partial charge in [-0.15, -0.1) is 0 Å². The van der Waals surface area contributed by atoms with Crippen LogP contribution in [0.3, 0.4) is 0 Å². The summed E-state index contributed by atoms with van der Waals surface area (Å²) >= 11 is 0. The van der Waals surface area contributed by atoms with Gasteiger partial charge in [0, 0.05) is 18.0 Å². The molecule has 3 aliphatic rings. The first-order chi connectivity index (χ1) is 13.8. The number of hydrogen-bond donors (Lipinski definition) is 1. The zero-order valence-electron chi connectivity index (χ0n) is 17.1. The second-order valence-electron chi connectivity index (χ2n) is 9.35. The maximum absolute atomic E-state index is 3.98. The minimum absolute atomic E-state index is 0.477.